The summed E-state index contributed by atoms with van der Waals surface area (Å²) in [6, 6.07) is 0.427. The fourth-order valence-corrected chi connectivity index (χ4v) is 2.33. The lowest BCUT2D eigenvalue weighted by atomic mass is 10.0. The molecular weight excluding hydrogens is 217 g/mol. The molecule has 1 saturated carbocycles. The molecule has 0 saturated heterocycles. The number of hydrogen-bond acceptors (Lipinski definition) is 2. The number of halogens is 3. The summed E-state index contributed by atoms with van der Waals surface area (Å²) in [5, 5.41) is 3.32. The maximum absolute atomic E-state index is 11.9. The second kappa shape index (κ2) is 6.45. The third-order valence-electron chi connectivity index (χ3n) is 3.26. The number of unbranched alkanes of at least 4 members (excludes halogenated alkanes) is 1. The second-order valence-corrected chi connectivity index (χ2v) is 4.56. The maximum atomic E-state index is 11.9. The van der Waals surface area contributed by atoms with Gasteiger partial charge in [-0.05, 0) is 44.7 Å². The number of alkyl halides is 3. The number of nitrogens with one attached hydrogen (secondary N) is 1. The van der Waals surface area contributed by atoms with Gasteiger partial charge in [0.1, 0.15) is 0 Å². The Hall–Kier alpha value is -0.290. The zero-order valence-electron chi connectivity index (χ0n) is 9.52. The summed E-state index contributed by atoms with van der Waals surface area (Å²) in [5.41, 5.74) is 5.62. The molecule has 16 heavy (non-hydrogen) atoms. The summed E-state index contributed by atoms with van der Waals surface area (Å²) in [4.78, 5) is 0. The minimum absolute atomic E-state index is 0.219. The summed E-state index contributed by atoms with van der Waals surface area (Å²) < 4.78 is 35.6. The summed E-state index contributed by atoms with van der Waals surface area (Å²) in [6.45, 7) is 1.36. The molecule has 1 aliphatic rings. The van der Waals surface area contributed by atoms with Gasteiger partial charge in [-0.2, -0.15) is 13.2 Å². The van der Waals surface area contributed by atoms with Gasteiger partial charge in [0.15, 0.2) is 0 Å². The summed E-state index contributed by atoms with van der Waals surface area (Å²) in [5.74, 6) is 0.516. The Morgan fingerprint density at radius 1 is 1.19 bits per heavy atom. The molecule has 0 amide bonds. The molecule has 0 aromatic rings. The zero-order chi connectivity index (χ0) is 12.0. The van der Waals surface area contributed by atoms with Crippen LogP contribution in [0.5, 0.6) is 0 Å². The molecule has 3 N–H and O–H groups in total. The second-order valence-electron chi connectivity index (χ2n) is 4.56. The average Bonchev–Trinajstić information content (AvgIpc) is 2.63. The first-order valence-corrected chi connectivity index (χ1v) is 6.03. The van der Waals surface area contributed by atoms with E-state index in [2.05, 4.69) is 5.32 Å². The minimum Gasteiger partial charge on any atom is -0.330 e. The molecular formula is C11H21F3N2. The molecule has 0 aliphatic heterocycles. The van der Waals surface area contributed by atoms with Gasteiger partial charge in [-0.15, -0.1) is 0 Å². The van der Waals surface area contributed by atoms with Crippen LogP contribution in [0.15, 0.2) is 0 Å². The van der Waals surface area contributed by atoms with Crippen molar-refractivity contribution in [2.45, 2.75) is 50.7 Å². The first-order chi connectivity index (χ1) is 7.53. The first-order valence-electron chi connectivity index (χ1n) is 6.03. The molecule has 0 aromatic carbocycles. The van der Waals surface area contributed by atoms with Crippen molar-refractivity contribution in [3.63, 3.8) is 0 Å². The molecule has 96 valence electrons. The molecule has 2 nitrogen and oxygen atoms in total. The van der Waals surface area contributed by atoms with Crippen LogP contribution in [0, 0.1) is 5.92 Å². The molecule has 1 fully saturated rings. The highest BCUT2D eigenvalue weighted by Crippen LogP contribution is 2.25. The predicted molar refractivity (Wildman–Crippen MR) is 58.1 cm³/mol. The highest BCUT2D eigenvalue weighted by Gasteiger charge is 2.27. The van der Waals surface area contributed by atoms with Gasteiger partial charge in [-0.1, -0.05) is 6.42 Å². The molecule has 0 spiro atoms. The topological polar surface area (TPSA) is 38.0 Å². The molecule has 0 radical (unpaired) electrons. The SMILES string of the molecule is NCC1CCCC1NCCCCC(F)(F)F. The molecule has 2 atom stereocenters. The number of rotatable bonds is 6. The molecule has 0 bridgehead atoms. The first kappa shape index (κ1) is 13.8. The third-order valence-corrected chi connectivity index (χ3v) is 3.26. The normalized spacial score (nSPS) is 26.2. The van der Waals surface area contributed by atoms with E-state index in [-0.39, 0.29) is 6.42 Å². The summed E-state index contributed by atoms with van der Waals surface area (Å²) in [6.07, 6.45) is -0.420. The summed E-state index contributed by atoms with van der Waals surface area (Å²) in [7, 11) is 0. The van der Waals surface area contributed by atoms with E-state index in [1.165, 1.54) is 6.42 Å². The molecule has 1 rings (SSSR count). The Bertz CT molecular complexity index is 194. The van der Waals surface area contributed by atoms with E-state index < -0.39 is 12.6 Å². The molecule has 5 heteroatoms. The molecule has 0 aromatic heterocycles. The van der Waals surface area contributed by atoms with Crippen LogP contribution in [0.3, 0.4) is 0 Å². The fraction of sp³-hybridized carbons (Fsp3) is 1.00. The Morgan fingerprint density at radius 3 is 2.56 bits per heavy atom. The smallest absolute Gasteiger partial charge is 0.330 e. The van der Waals surface area contributed by atoms with Gasteiger partial charge in [0, 0.05) is 12.5 Å². The zero-order valence-corrected chi connectivity index (χ0v) is 9.52. The van der Waals surface area contributed by atoms with Gasteiger partial charge in [0.05, 0.1) is 0 Å². The van der Waals surface area contributed by atoms with E-state index in [4.69, 9.17) is 5.73 Å². The Kier molecular flexibility index (Phi) is 5.55. The highest BCUT2D eigenvalue weighted by atomic mass is 19.4. The minimum atomic E-state index is -4.01. The van der Waals surface area contributed by atoms with E-state index in [0.29, 0.717) is 31.5 Å². The Labute approximate surface area is 94.8 Å². The van der Waals surface area contributed by atoms with Crippen molar-refractivity contribution < 1.29 is 13.2 Å². The van der Waals surface area contributed by atoms with Crippen LogP contribution >= 0.6 is 0 Å². The summed E-state index contributed by atoms with van der Waals surface area (Å²) >= 11 is 0. The van der Waals surface area contributed by atoms with Crippen LogP contribution in [-0.2, 0) is 0 Å². The monoisotopic (exact) mass is 238 g/mol. The van der Waals surface area contributed by atoms with E-state index in [1.807, 2.05) is 0 Å². The van der Waals surface area contributed by atoms with Crippen molar-refractivity contribution in [2.24, 2.45) is 11.7 Å². The van der Waals surface area contributed by atoms with Crippen LogP contribution in [0.1, 0.15) is 38.5 Å². The number of nitrogens with two attached hydrogens (primary N) is 1. The lowest BCUT2D eigenvalue weighted by Crippen LogP contribution is -2.36. The van der Waals surface area contributed by atoms with Crippen LogP contribution in [0.25, 0.3) is 0 Å². The van der Waals surface area contributed by atoms with Crippen LogP contribution in [0.2, 0.25) is 0 Å². The maximum Gasteiger partial charge on any atom is 0.389 e. The van der Waals surface area contributed by atoms with Gasteiger partial charge in [-0.25, -0.2) is 0 Å². The van der Waals surface area contributed by atoms with Crippen LogP contribution in [-0.4, -0.2) is 25.3 Å². The van der Waals surface area contributed by atoms with Crippen LogP contribution in [0.4, 0.5) is 13.2 Å². The number of hydrogen-bond donors (Lipinski definition) is 2. The van der Waals surface area contributed by atoms with Crippen molar-refractivity contribution in [1.29, 1.82) is 0 Å². The Balaban J connectivity index is 2.03. The van der Waals surface area contributed by atoms with Gasteiger partial charge in [-0.3, -0.25) is 0 Å². The van der Waals surface area contributed by atoms with Crippen molar-refractivity contribution in [3.05, 3.63) is 0 Å². The van der Waals surface area contributed by atoms with E-state index in [9.17, 15) is 13.2 Å². The van der Waals surface area contributed by atoms with Gasteiger partial charge in [0.25, 0.3) is 0 Å². The van der Waals surface area contributed by atoms with Crippen LogP contribution < -0.4 is 11.1 Å². The Morgan fingerprint density at radius 2 is 1.94 bits per heavy atom. The van der Waals surface area contributed by atoms with E-state index in [0.717, 1.165) is 12.8 Å². The lowest BCUT2D eigenvalue weighted by molar-refractivity contribution is -0.135. The van der Waals surface area contributed by atoms with Gasteiger partial charge in [0.2, 0.25) is 0 Å². The highest BCUT2D eigenvalue weighted by molar-refractivity contribution is 4.83. The van der Waals surface area contributed by atoms with E-state index in [1.54, 1.807) is 0 Å². The van der Waals surface area contributed by atoms with Crippen molar-refractivity contribution >= 4 is 0 Å². The molecule has 2 unspecified atom stereocenters. The van der Waals surface area contributed by atoms with Gasteiger partial charge >= 0.3 is 6.18 Å². The third kappa shape index (κ3) is 5.16. The fourth-order valence-electron chi connectivity index (χ4n) is 2.33. The predicted octanol–water partition coefficient (Wildman–Crippen LogP) is 2.44. The average molecular weight is 238 g/mol. The largest absolute Gasteiger partial charge is 0.389 e. The van der Waals surface area contributed by atoms with E-state index >= 15 is 0 Å². The van der Waals surface area contributed by atoms with Crippen molar-refractivity contribution in [1.82, 2.24) is 5.32 Å². The van der Waals surface area contributed by atoms with Gasteiger partial charge < -0.3 is 11.1 Å². The van der Waals surface area contributed by atoms with Crippen molar-refractivity contribution in [3.8, 4) is 0 Å². The lowest BCUT2D eigenvalue weighted by Gasteiger charge is -2.19. The quantitative estimate of drug-likeness (QED) is 0.697. The van der Waals surface area contributed by atoms with Crippen molar-refractivity contribution in [2.75, 3.05) is 13.1 Å². The molecule has 1 aliphatic carbocycles. The standard InChI is InChI=1S/C11H21F3N2/c12-11(13,14)6-1-2-7-16-10-5-3-4-9(10)8-15/h9-10,16H,1-8,15H2. The molecule has 0 heterocycles.